The summed E-state index contributed by atoms with van der Waals surface area (Å²) in [6.07, 6.45) is 0. The van der Waals surface area contributed by atoms with Gasteiger partial charge < -0.3 is 4.57 Å². The van der Waals surface area contributed by atoms with Crippen molar-refractivity contribution in [1.82, 2.24) is 4.57 Å². The number of hydrogen-bond donors (Lipinski definition) is 0. The Bertz CT molecular complexity index is 445. The summed E-state index contributed by atoms with van der Waals surface area (Å²) in [5, 5.41) is 4.05. The van der Waals surface area contributed by atoms with E-state index in [2.05, 4.69) is 5.18 Å². The fourth-order valence-corrected chi connectivity index (χ4v) is 1.56. The second kappa shape index (κ2) is 3.01. The highest BCUT2D eigenvalue weighted by Gasteiger charge is 2.03. The van der Waals surface area contributed by atoms with Gasteiger partial charge in [-0.1, -0.05) is 23.4 Å². The molecule has 0 spiro atoms. The van der Waals surface area contributed by atoms with Gasteiger partial charge in [0.2, 0.25) is 0 Å². The highest BCUT2D eigenvalue weighted by molar-refractivity contribution is 5.81. The molecule has 0 aliphatic carbocycles. The van der Waals surface area contributed by atoms with Crippen molar-refractivity contribution in [2.24, 2.45) is 12.2 Å². The molecule has 1 aromatic carbocycles. The molecule has 0 aliphatic heterocycles. The molecule has 0 radical (unpaired) electrons. The van der Waals surface area contributed by atoms with Gasteiger partial charge in [0, 0.05) is 18.3 Å². The smallest absolute Gasteiger partial charge is 0.121 e. The number of para-hydroxylation sites is 1. The summed E-state index contributed by atoms with van der Waals surface area (Å²) in [6, 6.07) is 10.0. The van der Waals surface area contributed by atoms with Crippen LogP contribution in [0.2, 0.25) is 0 Å². The molecule has 2 aromatic rings. The normalized spacial score (nSPS) is 10.5. The topological polar surface area (TPSA) is 34.4 Å². The zero-order chi connectivity index (χ0) is 9.26. The zero-order valence-corrected chi connectivity index (χ0v) is 7.40. The first-order chi connectivity index (χ1) is 6.33. The Balaban J connectivity index is 2.66. The van der Waals surface area contributed by atoms with Gasteiger partial charge >= 0.3 is 0 Å². The average molecular weight is 174 g/mol. The van der Waals surface area contributed by atoms with E-state index in [9.17, 15) is 4.91 Å². The molecule has 0 saturated carbocycles. The minimum absolute atomic E-state index is 0.241. The first-order valence-electron chi connectivity index (χ1n) is 4.15. The van der Waals surface area contributed by atoms with Crippen molar-refractivity contribution in [3.8, 4) is 0 Å². The zero-order valence-electron chi connectivity index (χ0n) is 7.40. The minimum atomic E-state index is 0.241. The summed E-state index contributed by atoms with van der Waals surface area (Å²) in [5.41, 5.74) is 2.09. The van der Waals surface area contributed by atoms with Gasteiger partial charge in [-0.15, -0.1) is 0 Å². The van der Waals surface area contributed by atoms with Crippen molar-refractivity contribution in [2.75, 3.05) is 0 Å². The van der Waals surface area contributed by atoms with E-state index >= 15 is 0 Å². The molecule has 3 nitrogen and oxygen atoms in total. The molecule has 13 heavy (non-hydrogen) atoms. The van der Waals surface area contributed by atoms with E-state index in [1.807, 2.05) is 41.9 Å². The van der Waals surface area contributed by atoms with Crippen LogP contribution in [0.1, 0.15) is 5.69 Å². The van der Waals surface area contributed by atoms with Crippen LogP contribution in [0.5, 0.6) is 0 Å². The fraction of sp³-hybridized carbons (Fsp3) is 0.200. The summed E-state index contributed by atoms with van der Waals surface area (Å²) >= 11 is 0. The highest BCUT2D eigenvalue weighted by atomic mass is 16.3. The highest BCUT2D eigenvalue weighted by Crippen LogP contribution is 2.18. The van der Waals surface area contributed by atoms with Crippen LogP contribution in [0.25, 0.3) is 10.9 Å². The third kappa shape index (κ3) is 1.22. The van der Waals surface area contributed by atoms with Crippen LogP contribution in [0.15, 0.2) is 35.5 Å². The van der Waals surface area contributed by atoms with E-state index < -0.39 is 0 Å². The van der Waals surface area contributed by atoms with Crippen LogP contribution in [-0.4, -0.2) is 4.57 Å². The first-order valence-corrected chi connectivity index (χ1v) is 4.15. The molecule has 0 atom stereocenters. The van der Waals surface area contributed by atoms with E-state index in [0.717, 1.165) is 16.6 Å². The largest absolute Gasteiger partial charge is 0.346 e. The van der Waals surface area contributed by atoms with E-state index in [0.29, 0.717) is 0 Å². The van der Waals surface area contributed by atoms with Gasteiger partial charge in [0.05, 0.1) is 0 Å². The number of nitroso groups, excluding NO2 is 1. The quantitative estimate of drug-likeness (QED) is 0.644. The second-order valence-electron chi connectivity index (χ2n) is 3.04. The Kier molecular flexibility index (Phi) is 1.85. The van der Waals surface area contributed by atoms with Crippen molar-refractivity contribution in [3.63, 3.8) is 0 Å². The van der Waals surface area contributed by atoms with Gasteiger partial charge in [-0.05, 0) is 17.5 Å². The molecular weight excluding hydrogens is 164 g/mol. The Morgan fingerprint density at radius 3 is 2.85 bits per heavy atom. The van der Waals surface area contributed by atoms with Crippen molar-refractivity contribution >= 4 is 10.9 Å². The maximum atomic E-state index is 10.1. The molecule has 0 unspecified atom stereocenters. The van der Waals surface area contributed by atoms with E-state index in [1.54, 1.807) is 0 Å². The molecule has 0 aliphatic rings. The number of aryl methyl sites for hydroxylation is 1. The standard InChI is InChI=1S/C10H10N2O/c1-12-9(7-11-13)6-8-4-2-3-5-10(8)12/h2-6H,7H2,1H3. The lowest BCUT2D eigenvalue weighted by molar-refractivity contribution is 0.846. The van der Waals surface area contributed by atoms with Crippen molar-refractivity contribution in [1.29, 1.82) is 0 Å². The number of rotatable bonds is 2. The van der Waals surface area contributed by atoms with Crippen molar-refractivity contribution in [2.45, 2.75) is 6.54 Å². The van der Waals surface area contributed by atoms with Crippen molar-refractivity contribution in [3.05, 3.63) is 40.9 Å². The third-order valence-electron chi connectivity index (χ3n) is 2.28. The van der Waals surface area contributed by atoms with Gasteiger partial charge in [-0.3, -0.25) is 0 Å². The van der Waals surface area contributed by atoms with E-state index in [1.165, 1.54) is 0 Å². The molecule has 0 amide bonds. The molecule has 0 N–H and O–H groups in total. The Labute approximate surface area is 76.0 Å². The number of benzene rings is 1. The summed E-state index contributed by atoms with van der Waals surface area (Å²) < 4.78 is 2.00. The predicted molar refractivity (Wildman–Crippen MR) is 52.4 cm³/mol. The number of hydrogen-bond acceptors (Lipinski definition) is 2. The van der Waals surface area contributed by atoms with Gasteiger partial charge in [-0.2, -0.15) is 4.91 Å². The Morgan fingerprint density at radius 1 is 1.38 bits per heavy atom. The number of aromatic nitrogens is 1. The SMILES string of the molecule is Cn1c(CN=O)cc2ccccc21. The van der Waals surface area contributed by atoms with E-state index in [-0.39, 0.29) is 6.54 Å². The van der Waals surface area contributed by atoms with Gasteiger partial charge in [0.25, 0.3) is 0 Å². The Morgan fingerprint density at radius 2 is 2.15 bits per heavy atom. The fourth-order valence-electron chi connectivity index (χ4n) is 1.56. The van der Waals surface area contributed by atoms with Crippen molar-refractivity contribution < 1.29 is 0 Å². The van der Waals surface area contributed by atoms with Crippen LogP contribution < -0.4 is 0 Å². The molecular formula is C10H10N2O. The van der Waals surface area contributed by atoms with Gasteiger partial charge in [0.15, 0.2) is 0 Å². The summed E-state index contributed by atoms with van der Waals surface area (Å²) in [5.74, 6) is 0. The molecule has 66 valence electrons. The second-order valence-corrected chi connectivity index (χ2v) is 3.04. The summed E-state index contributed by atoms with van der Waals surface area (Å²) in [4.78, 5) is 10.1. The molecule has 0 saturated heterocycles. The lowest BCUT2D eigenvalue weighted by Crippen LogP contribution is -1.93. The lowest BCUT2D eigenvalue weighted by Gasteiger charge is -1.98. The minimum Gasteiger partial charge on any atom is -0.346 e. The number of nitrogens with zero attached hydrogens (tertiary/aromatic N) is 2. The Hall–Kier alpha value is -1.64. The summed E-state index contributed by atoms with van der Waals surface area (Å²) in [6.45, 7) is 0.241. The van der Waals surface area contributed by atoms with Crippen LogP contribution in [0.3, 0.4) is 0 Å². The molecule has 2 rings (SSSR count). The first kappa shape index (κ1) is 7.98. The van der Waals surface area contributed by atoms with Crippen LogP contribution in [0, 0.1) is 4.91 Å². The third-order valence-corrected chi connectivity index (χ3v) is 2.28. The molecule has 1 aromatic heterocycles. The molecule has 0 fully saturated rings. The summed E-state index contributed by atoms with van der Waals surface area (Å²) in [7, 11) is 1.95. The maximum absolute atomic E-state index is 10.1. The monoisotopic (exact) mass is 174 g/mol. The van der Waals surface area contributed by atoms with Gasteiger partial charge in [-0.25, -0.2) is 0 Å². The number of fused-ring (bicyclic) bond motifs is 1. The van der Waals surface area contributed by atoms with Crippen LogP contribution >= 0.6 is 0 Å². The predicted octanol–water partition coefficient (Wildman–Crippen LogP) is 2.44. The maximum Gasteiger partial charge on any atom is 0.121 e. The molecule has 3 heteroatoms. The van der Waals surface area contributed by atoms with Crippen LogP contribution in [0.4, 0.5) is 0 Å². The van der Waals surface area contributed by atoms with Gasteiger partial charge in [0.1, 0.15) is 6.54 Å². The molecule has 0 bridgehead atoms. The van der Waals surface area contributed by atoms with Crippen LogP contribution in [-0.2, 0) is 13.6 Å². The average Bonchev–Trinajstić information content (AvgIpc) is 2.46. The lowest BCUT2D eigenvalue weighted by atomic mass is 10.2. The van der Waals surface area contributed by atoms with E-state index in [4.69, 9.17) is 0 Å². The molecule has 1 heterocycles.